The van der Waals surface area contributed by atoms with Crippen molar-refractivity contribution in [1.29, 1.82) is 0 Å². The first-order chi connectivity index (χ1) is 28.1. The van der Waals surface area contributed by atoms with E-state index in [1.807, 2.05) is 73.3 Å². The van der Waals surface area contributed by atoms with Crippen molar-refractivity contribution >= 4 is 36.9 Å². The second-order valence-electron chi connectivity index (χ2n) is 13.7. The van der Waals surface area contributed by atoms with E-state index in [1.54, 1.807) is 62.1 Å². The minimum Gasteiger partial charge on any atom is -0.494 e. The molecule has 3 atom stereocenters. The van der Waals surface area contributed by atoms with E-state index in [0.717, 1.165) is 29.2 Å². The molecule has 0 fully saturated rings. The van der Waals surface area contributed by atoms with Crippen LogP contribution in [0.5, 0.6) is 5.75 Å². The van der Waals surface area contributed by atoms with Gasteiger partial charge in [0.25, 0.3) is 5.91 Å². The Kier molecular flexibility index (Phi) is 15.7. The maximum Gasteiger partial charge on any atom is 0.363 e. The van der Waals surface area contributed by atoms with Crippen LogP contribution in [0.2, 0.25) is 0 Å². The van der Waals surface area contributed by atoms with Crippen molar-refractivity contribution in [2.75, 3.05) is 19.9 Å². The number of carbonyl (C=O) groups excluding carboxylic acids is 4. The van der Waals surface area contributed by atoms with Gasteiger partial charge in [-0.15, -0.1) is 0 Å². The minimum atomic E-state index is -3.30. The van der Waals surface area contributed by atoms with E-state index in [-0.39, 0.29) is 24.6 Å². The van der Waals surface area contributed by atoms with Gasteiger partial charge in [0.1, 0.15) is 11.5 Å². The molecule has 0 aliphatic heterocycles. The quantitative estimate of drug-likeness (QED) is 0.0233. The summed E-state index contributed by atoms with van der Waals surface area (Å²) in [5, 5.41) is 6.76. The first-order valence-electron chi connectivity index (χ1n) is 19.5. The summed E-state index contributed by atoms with van der Waals surface area (Å²) in [5.41, 5.74) is 2.52. The number of hydroxylamine groups is 2. The van der Waals surface area contributed by atoms with Gasteiger partial charge in [-0.05, 0) is 92.1 Å². The van der Waals surface area contributed by atoms with Crippen LogP contribution in [0.4, 0.5) is 0 Å². The van der Waals surface area contributed by atoms with Gasteiger partial charge in [0.05, 0.1) is 37.4 Å². The lowest BCUT2D eigenvalue weighted by Gasteiger charge is -2.31. The third-order valence-electron chi connectivity index (χ3n) is 9.58. The topological polar surface area (TPSA) is 158 Å². The second-order valence-corrected chi connectivity index (χ2v) is 16.2. The molecular weight excluding hydrogens is 759 g/mol. The van der Waals surface area contributed by atoms with Gasteiger partial charge in [-0.25, -0.2) is 4.79 Å². The zero-order chi connectivity index (χ0) is 41.5. The molecule has 5 rings (SSSR count). The van der Waals surface area contributed by atoms with Gasteiger partial charge in [0.15, 0.2) is 5.76 Å². The number of furan rings is 1. The Morgan fingerprint density at radius 3 is 2.31 bits per heavy atom. The number of rotatable bonds is 22. The molecule has 3 amide bonds. The highest BCUT2D eigenvalue weighted by Gasteiger charge is 2.34. The van der Waals surface area contributed by atoms with Gasteiger partial charge in [-0.3, -0.25) is 18.9 Å². The van der Waals surface area contributed by atoms with E-state index in [4.69, 9.17) is 18.5 Å². The Morgan fingerprint density at radius 2 is 1.64 bits per heavy atom. The normalized spacial score (nSPS) is 13.1. The molecule has 0 spiro atoms. The molecule has 14 heteroatoms. The van der Waals surface area contributed by atoms with Crippen LogP contribution >= 0.6 is 7.37 Å². The number of nitrogens with zero attached hydrogens (tertiary/aromatic N) is 2. The minimum absolute atomic E-state index is 0.0148. The highest BCUT2D eigenvalue weighted by atomic mass is 31.2. The number of hydrogen-bond acceptors (Lipinski definition) is 9. The maximum absolute atomic E-state index is 13.8. The Hall–Kier alpha value is -5.91. The van der Waals surface area contributed by atoms with Crippen molar-refractivity contribution in [1.82, 2.24) is 20.3 Å². The SMILES string of the molecule is CCCCC[C@@H](C(=O)NCNC(=O)c1ccc(-c2cc(OCC)cc(P(C)(=O)OCc3ccccc3)c2)o1)[C@@H](CC)N(C=O)OC(=O)c1ccc(-n2cccc2)cc1. The van der Waals surface area contributed by atoms with Crippen LogP contribution in [0.3, 0.4) is 0 Å². The van der Waals surface area contributed by atoms with Crippen LogP contribution in [0.15, 0.2) is 114 Å². The molecule has 1 unspecified atom stereocenters. The lowest BCUT2D eigenvalue weighted by Crippen LogP contribution is -2.49. The van der Waals surface area contributed by atoms with E-state index in [0.29, 0.717) is 54.7 Å². The van der Waals surface area contributed by atoms with Crippen molar-refractivity contribution in [2.45, 2.75) is 65.5 Å². The average Bonchev–Trinajstić information content (AvgIpc) is 3.97. The molecule has 0 radical (unpaired) electrons. The average molecular weight is 811 g/mol. The van der Waals surface area contributed by atoms with Gasteiger partial charge in [-0.1, -0.05) is 63.4 Å². The highest BCUT2D eigenvalue weighted by Crippen LogP contribution is 2.44. The fourth-order valence-corrected chi connectivity index (χ4v) is 7.73. The standard InChI is InChI=1S/C44H51N4O9P/c1-5-8-10-17-38(39(6-2)48(31-49)57-44(52)33-18-20-35(21-19-33)47-24-13-14-25-47)42(50)45-30-46-43(51)41-23-22-40(56-41)34-26-36(54-7-3)28-37(27-34)58(4,53)55-29-32-15-11-9-12-16-32/h9,11-16,18-28,31,38-39H,5-8,10,17,29-30H2,1-4H3,(H,45,50)(H,46,51)/t38-,39-,58?/m1/s1. The third-order valence-corrected chi connectivity index (χ3v) is 11.4. The van der Waals surface area contributed by atoms with Crippen LogP contribution in [0.25, 0.3) is 17.0 Å². The highest BCUT2D eigenvalue weighted by molar-refractivity contribution is 7.66. The summed E-state index contributed by atoms with van der Waals surface area (Å²) in [4.78, 5) is 57.9. The summed E-state index contributed by atoms with van der Waals surface area (Å²) >= 11 is 0. The molecule has 0 aliphatic rings. The zero-order valence-corrected chi connectivity index (χ0v) is 34.2. The number of nitrogens with one attached hydrogen (secondary N) is 2. The number of carbonyl (C=O) groups is 4. The van der Waals surface area contributed by atoms with Crippen LogP contribution in [-0.4, -0.2) is 59.8 Å². The van der Waals surface area contributed by atoms with E-state index in [2.05, 4.69) is 10.6 Å². The van der Waals surface area contributed by atoms with Gasteiger partial charge in [-0.2, -0.15) is 5.06 Å². The third kappa shape index (κ3) is 11.6. The molecule has 306 valence electrons. The molecule has 2 N–H and O–H groups in total. The maximum atomic E-state index is 13.8. The second kappa shape index (κ2) is 21.0. The molecular formula is C44H51N4O9P. The fourth-order valence-electron chi connectivity index (χ4n) is 6.45. The van der Waals surface area contributed by atoms with Gasteiger partial charge in [0, 0.05) is 35.6 Å². The molecule has 2 aromatic heterocycles. The number of unbranched alkanes of at least 4 members (excludes halogenated alkanes) is 2. The van der Waals surface area contributed by atoms with Crippen LogP contribution in [-0.2, 0) is 30.1 Å². The molecule has 58 heavy (non-hydrogen) atoms. The van der Waals surface area contributed by atoms with Gasteiger partial charge < -0.3 is 33.7 Å². The molecule has 0 aliphatic carbocycles. The number of aromatic nitrogens is 1. The van der Waals surface area contributed by atoms with Crippen molar-refractivity contribution in [3.8, 4) is 22.8 Å². The lowest BCUT2D eigenvalue weighted by atomic mass is 9.90. The Bertz CT molecular complexity index is 2150. The molecule has 3 aromatic carbocycles. The van der Waals surface area contributed by atoms with E-state index in [9.17, 15) is 23.7 Å². The lowest BCUT2D eigenvalue weighted by molar-refractivity contribution is -0.171. The molecule has 0 saturated carbocycles. The molecule has 5 aromatic rings. The fraction of sp³-hybridized carbons (Fsp3) is 0.318. The smallest absolute Gasteiger partial charge is 0.363 e. The first kappa shape index (κ1) is 43.2. The monoisotopic (exact) mass is 810 g/mol. The Labute approximate surface area is 339 Å². The van der Waals surface area contributed by atoms with Gasteiger partial charge >= 0.3 is 5.97 Å². The molecule has 13 nitrogen and oxygen atoms in total. The van der Waals surface area contributed by atoms with E-state index < -0.39 is 37.1 Å². The molecule has 0 bridgehead atoms. The Balaban J connectivity index is 1.22. The summed E-state index contributed by atoms with van der Waals surface area (Å²) in [6.45, 7) is 7.55. The summed E-state index contributed by atoms with van der Waals surface area (Å²) in [6.07, 6.45) is 7.40. The number of amides is 3. The summed E-state index contributed by atoms with van der Waals surface area (Å²) in [6, 6.07) is 27.5. The Morgan fingerprint density at radius 1 is 0.897 bits per heavy atom. The van der Waals surface area contributed by atoms with Crippen LogP contribution in [0, 0.1) is 5.92 Å². The number of benzene rings is 3. The molecule has 2 heterocycles. The summed E-state index contributed by atoms with van der Waals surface area (Å²) < 4.78 is 33.2. The van der Waals surface area contributed by atoms with Crippen molar-refractivity contribution in [3.63, 3.8) is 0 Å². The first-order valence-corrected chi connectivity index (χ1v) is 21.5. The van der Waals surface area contributed by atoms with Crippen LogP contribution < -0.4 is 20.7 Å². The van der Waals surface area contributed by atoms with E-state index in [1.165, 1.54) is 6.07 Å². The molecule has 0 saturated heterocycles. The number of ether oxygens (including phenoxy) is 1. The zero-order valence-electron chi connectivity index (χ0n) is 33.3. The van der Waals surface area contributed by atoms with Crippen molar-refractivity contribution in [3.05, 3.63) is 126 Å². The van der Waals surface area contributed by atoms with Crippen molar-refractivity contribution < 1.29 is 42.3 Å². The summed E-state index contributed by atoms with van der Waals surface area (Å²) in [7, 11) is -3.30. The predicted octanol–water partition coefficient (Wildman–Crippen LogP) is 7.90. The number of hydrogen-bond donors (Lipinski definition) is 2. The predicted molar refractivity (Wildman–Crippen MR) is 221 cm³/mol. The van der Waals surface area contributed by atoms with Crippen LogP contribution in [0.1, 0.15) is 79.4 Å². The van der Waals surface area contributed by atoms with E-state index >= 15 is 0 Å². The van der Waals surface area contributed by atoms with Crippen molar-refractivity contribution in [2.24, 2.45) is 5.92 Å². The summed E-state index contributed by atoms with van der Waals surface area (Å²) in [5.74, 6) is -1.68. The van der Waals surface area contributed by atoms with Gasteiger partial charge in [0.2, 0.25) is 19.7 Å². The largest absolute Gasteiger partial charge is 0.494 e.